The minimum absolute atomic E-state index is 0.175. The Morgan fingerprint density at radius 2 is 1.84 bits per heavy atom. The summed E-state index contributed by atoms with van der Waals surface area (Å²) in [5.74, 6) is 0. The normalized spacial score (nSPS) is 17.1. The zero-order chi connectivity index (χ0) is 14.0. The smallest absolute Gasteiger partial charge is 0.305 e. The molecule has 5 nitrogen and oxygen atoms in total. The van der Waals surface area contributed by atoms with Crippen molar-refractivity contribution in [2.75, 3.05) is 14.1 Å². The molecular formula is C14H23N3O2. The summed E-state index contributed by atoms with van der Waals surface area (Å²) >= 11 is 0. The highest BCUT2D eigenvalue weighted by molar-refractivity contribution is 5.06. The van der Waals surface area contributed by atoms with Gasteiger partial charge in [-0.2, -0.15) is 0 Å². The maximum atomic E-state index is 12.2. The Morgan fingerprint density at radius 1 is 1.21 bits per heavy atom. The Morgan fingerprint density at radius 3 is 2.42 bits per heavy atom. The summed E-state index contributed by atoms with van der Waals surface area (Å²) in [7, 11) is 5.42. The highest BCUT2D eigenvalue weighted by Crippen LogP contribution is 2.26. The molecular weight excluding hydrogens is 242 g/mol. The Bertz CT molecular complexity index is 551. The first-order valence-corrected chi connectivity index (χ1v) is 6.96. The van der Waals surface area contributed by atoms with Crippen molar-refractivity contribution in [3.63, 3.8) is 0 Å². The van der Waals surface area contributed by atoms with Gasteiger partial charge in [-0.05, 0) is 26.9 Å². The first kappa shape index (κ1) is 14.1. The van der Waals surface area contributed by atoms with E-state index in [0.29, 0.717) is 12.1 Å². The fraction of sp³-hybridized carbons (Fsp3) is 0.714. The van der Waals surface area contributed by atoms with Crippen molar-refractivity contribution >= 4 is 0 Å². The highest BCUT2D eigenvalue weighted by atomic mass is 16.2. The van der Waals surface area contributed by atoms with Gasteiger partial charge < -0.3 is 4.90 Å². The maximum Gasteiger partial charge on any atom is 0.330 e. The minimum Gasteiger partial charge on any atom is -0.305 e. The van der Waals surface area contributed by atoms with Crippen LogP contribution in [0.2, 0.25) is 0 Å². The quantitative estimate of drug-likeness (QED) is 0.822. The Labute approximate surface area is 113 Å². The second kappa shape index (κ2) is 5.74. The van der Waals surface area contributed by atoms with Gasteiger partial charge in [0.05, 0.1) is 0 Å². The predicted molar refractivity (Wildman–Crippen MR) is 75.5 cm³/mol. The van der Waals surface area contributed by atoms with Crippen LogP contribution in [-0.4, -0.2) is 28.1 Å². The predicted octanol–water partition coefficient (Wildman–Crippen LogP) is 1.11. The van der Waals surface area contributed by atoms with Crippen LogP contribution >= 0.6 is 0 Å². The van der Waals surface area contributed by atoms with Crippen LogP contribution in [0.1, 0.15) is 43.7 Å². The van der Waals surface area contributed by atoms with E-state index in [4.69, 9.17) is 0 Å². The highest BCUT2D eigenvalue weighted by Gasteiger charge is 2.19. The molecule has 19 heavy (non-hydrogen) atoms. The minimum atomic E-state index is -0.181. The molecule has 1 aliphatic carbocycles. The molecule has 0 bridgehead atoms. The summed E-state index contributed by atoms with van der Waals surface area (Å²) in [4.78, 5) is 26.3. The monoisotopic (exact) mass is 265 g/mol. The average Bonchev–Trinajstić information content (AvgIpc) is 2.40. The van der Waals surface area contributed by atoms with E-state index in [2.05, 4.69) is 0 Å². The lowest BCUT2D eigenvalue weighted by molar-refractivity contribution is 0.331. The van der Waals surface area contributed by atoms with Gasteiger partial charge in [-0.15, -0.1) is 0 Å². The fourth-order valence-corrected chi connectivity index (χ4v) is 2.82. The van der Waals surface area contributed by atoms with Crippen molar-refractivity contribution < 1.29 is 0 Å². The lowest BCUT2D eigenvalue weighted by Gasteiger charge is -2.25. The van der Waals surface area contributed by atoms with Gasteiger partial charge >= 0.3 is 5.69 Å². The summed E-state index contributed by atoms with van der Waals surface area (Å²) in [5.41, 5.74) is 0.336. The fourth-order valence-electron chi connectivity index (χ4n) is 2.82. The van der Waals surface area contributed by atoms with Crippen molar-refractivity contribution in [2.45, 2.75) is 44.7 Å². The molecule has 1 heterocycles. The van der Waals surface area contributed by atoms with E-state index in [9.17, 15) is 9.59 Å². The number of hydrogen-bond acceptors (Lipinski definition) is 3. The Kier molecular flexibility index (Phi) is 4.24. The van der Waals surface area contributed by atoms with Gasteiger partial charge in [-0.3, -0.25) is 13.9 Å². The van der Waals surface area contributed by atoms with Crippen molar-refractivity contribution in [1.82, 2.24) is 14.0 Å². The van der Waals surface area contributed by atoms with Crippen LogP contribution in [0.5, 0.6) is 0 Å². The van der Waals surface area contributed by atoms with Crippen LogP contribution in [0.3, 0.4) is 0 Å². The SMILES string of the molecule is CN(C)Cc1cn(C2CCCCC2)c(=O)n(C)c1=O. The molecule has 1 fully saturated rings. The van der Waals surface area contributed by atoms with Gasteiger partial charge in [0.25, 0.3) is 5.56 Å². The number of rotatable bonds is 3. The largest absolute Gasteiger partial charge is 0.330 e. The number of nitrogens with zero attached hydrogens (tertiary/aromatic N) is 3. The molecule has 5 heteroatoms. The molecule has 0 amide bonds. The molecule has 0 atom stereocenters. The summed E-state index contributed by atoms with van der Waals surface area (Å²) in [5, 5.41) is 0. The molecule has 1 aromatic heterocycles. The van der Waals surface area contributed by atoms with E-state index in [1.54, 1.807) is 17.8 Å². The average molecular weight is 265 g/mol. The second-order valence-corrected chi connectivity index (χ2v) is 5.74. The third-order valence-corrected chi connectivity index (χ3v) is 3.84. The molecule has 0 aliphatic heterocycles. The van der Waals surface area contributed by atoms with Crippen LogP contribution in [0.15, 0.2) is 15.8 Å². The Hall–Kier alpha value is -1.36. The summed E-state index contributed by atoms with van der Waals surface area (Å²) in [6, 6.07) is 0.258. The molecule has 0 radical (unpaired) electrons. The van der Waals surface area contributed by atoms with Crippen molar-refractivity contribution in [2.24, 2.45) is 7.05 Å². The lowest BCUT2D eigenvalue weighted by Crippen LogP contribution is -2.42. The van der Waals surface area contributed by atoms with Crippen molar-refractivity contribution in [1.29, 1.82) is 0 Å². The van der Waals surface area contributed by atoms with Gasteiger partial charge in [0.15, 0.2) is 0 Å². The molecule has 0 saturated heterocycles. The third kappa shape index (κ3) is 2.97. The summed E-state index contributed by atoms with van der Waals surface area (Å²) < 4.78 is 3.02. The van der Waals surface area contributed by atoms with E-state index in [1.165, 1.54) is 23.8 Å². The van der Waals surface area contributed by atoms with E-state index < -0.39 is 0 Å². The standard InChI is InChI=1S/C14H23N3O2/c1-15(2)9-11-10-17(12-7-5-4-6-8-12)14(19)16(3)13(11)18/h10,12H,4-9H2,1-3H3. The van der Waals surface area contributed by atoms with Crippen LogP contribution in [0, 0.1) is 0 Å². The zero-order valence-corrected chi connectivity index (χ0v) is 12.1. The topological polar surface area (TPSA) is 47.2 Å². The molecule has 1 aromatic rings. The van der Waals surface area contributed by atoms with Crippen molar-refractivity contribution in [3.05, 3.63) is 32.6 Å². The maximum absolute atomic E-state index is 12.2. The summed E-state index contributed by atoms with van der Waals surface area (Å²) in [6.45, 7) is 0.569. The second-order valence-electron chi connectivity index (χ2n) is 5.74. The van der Waals surface area contributed by atoms with E-state index >= 15 is 0 Å². The summed E-state index contributed by atoms with van der Waals surface area (Å²) in [6.07, 6.45) is 7.45. The molecule has 1 saturated carbocycles. The number of hydrogen-bond donors (Lipinski definition) is 0. The van der Waals surface area contributed by atoms with Gasteiger partial charge in [-0.1, -0.05) is 19.3 Å². The first-order chi connectivity index (χ1) is 9.00. The van der Waals surface area contributed by atoms with Gasteiger partial charge in [-0.25, -0.2) is 4.79 Å². The van der Waals surface area contributed by atoms with Crippen LogP contribution < -0.4 is 11.2 Å². The molecule has 0 unspecified atom stereocenters. The van der Waals surface area contributed by atoms with Crippen LogP contribution in [0.25, 0.3) is 0 Å². The first-order valence-electron chi connectivity index (χ1n) is 6.96. The molecule has 1 aliphatic rings. The van der Waals surface area contributed by atoms with Gasteiger partial charge in [0.1, 0.15) is 0 Å². The molecule has 106 valence electrons. The molecule has 0 spiro atoms. The van der Waals surface area contributed by atoms with E-state index in [1.807, 2.05) is 19.0 Å². The molecule has 0 aromatic carbocycles. The molecule has 0 N–H and O–H groups in total. The Balaban J connectivity index is 2.45. The molecule has 2 rings (SSSR count). The van der Waals surface area contributed by atoms with Crippen molar-refractivity contribution in [3.8, 4) is 0 Å². The van der Waals surface area contributed by atoms with E-state index in [-0.39, 0.29) is 17.3 Å². The van der Waals surface area contributed by atoms with E-state index in [0.717, 1.165) is 12.8 Å². The lowest BCUT2D eigenvalue weighted by atomic mass is 9.95. The number of aromatic nitrogens is 2. The zero-order valence-electron chi connectivity index (χ0n) is 12.1. The van der Waals surface area contributed by atoms with Crippen LogP contribution in [0.4, 0.5) is 0 Å². The third-order valence-electron chi connectivity index (χ3n) is 3.84. The van der Waals surface area contributed by atoms with Crippen LogP contribution in [-0.2, 0) is 13.6 Å². The van der Waals surface area contributed by atoms with Gasteiger partial charge in [0.2, 0.25) is 0 Å². The van der Waals surface area contributed by atoms with Gasteiger partial charge in [0, 0.05) is 31.4 Å².